The molecular weight excluding hydrogens is 366 g/mol. The van der Waals surface area contributed by atoms with E-state index in [1.807, 2.05) is 29.2 Å². The topological polar surface area (TPSA) is 61.9 Å². The highest BCUT2D eigenvalue weighted by Gasteiger charge is 2.32. The van der Waals surface area contributed by atoms with Crippen LogP contribution in [0, 0.1) is 0 Å². The molecule has 7 heteroatoms. The van der Waals surface area contributed by atoms with Crippen LogP contribution in [-0.2, 0) is 9.59 Å². The molecule has 0 bridgehead atoms. The van der Waals surface area contributed by atoms with E-state index in [9.17, 15) is 9.59 Å². The summed E-state index contributed by atoms with van der Waals surface area (Å²) in [6, 6.07) is 7.84. The minimum Gasteiger partial charge on any atom is -0.479 e. The van der Waals surface area contributed by atoms with Gasteiger partial charge in [-0.05, 0) is 51.4 Å². The standard InChI is InChI=1S/C20H29N3O3.ClH/c1-3-13-22(16-8-11-21-12-9-16)19(24)10-14-23-17-6-4-5-7-18(17)26-15(2)20(23)25;/h4-7,15-16,21H,3,8-14H2,1-2H3;1H. The van der Waals surface area contributed by atoms with Crippen LogP contribution in [0.15, 0.2) is 24.3 Å². The number of para-hydroxylation sites is 2. The summed E-state index contributed by atoms with van der Waals surface area (Å²) in [5, 5.41) is 3.35. The minimum atomic E-state index is -0.517. The fourth-order valence-electron chi connectivity index (χ4n) is 3.81. The number of carbonyl (C=O) groups is 2. The summed E-state index contributed by atoms with van der Waals surface area (Å²) in [5.41, 5.74) is 0.757. The van der Waals surface area contributed by atoms with Crippen molar-refractivity contribution < 1.29 is 14.3 Å². The zero-order chi connectivity index (χ0) is 18.5. The minimum absolute atomic E-state index is 0. The van der Waals surface area contributed by atoms with E-state index in [0.717, 1.165) is 44.6 Å². The molecule has 2 aliphatic heterocycles. The largest absolute Gasteiger partial charge is 0.479 e. The van der Waals surface area contributed by atoms with Crippen molar-refractivity contribution in [1.82, 2.24) is 10.2 Å². The number of nitrogens with zero attached hydrogens (tertiary/aromatic N) is 2. The molecule has 3 rings (SSSR count). The van der Waals surface area contributed by atoms with Gasteiger partial charge in [0.1, 0.15) is 5.75 Å². The van der Waals surface area contributed by atoms with Crippen LogP contribution < -0.4 is 15.0 Å². The van der Waals surface area contributed by atoms with Crippen LogP contribution in [0.3, 0.4) is 0 Å². The zero-order valence-corrected chi connectivity index (χ0v) is 17.0. The molecule has 1 N–H and O–H groups in total. The Labute approximate surface area is 167 Å². The van der Waals surface area contributed by atoms with Crippen molar-refractivity contribution >= 4 is 29.9 Å². The fourth-order valence-corrected chi connectivity index (χ4v) is 3.81. The van der Waals surface area contributed by atoms with Crippen molar-refractivity contribution in [3.8, 4) is 5.75 Å². The Hall–Kier alpha value is -1.79. The monoisotopic (exact) mass is 395 g/mol. The van der Waals surface area contributed by atoms with Gasteiger partial charge in [0.05, 0.1) is 5.69 Å². The molecule has 1 fully saturated rings. The summed E-state index contributed by atoms with van der Waals surface area (Å²) in [6.45, 7) is 6.97. The molecular formula is C20H30ClN3O3. The van der Waals surface area contributed by atoms with Gasteiger partial charge in [-0.3, -0.25) is 9.59 Å². The molecule has 2 amide bonds. The van der Waals surface area contributed by atoms with Crippen molar-refractivity contribution in [2.75, 3.05) is 31.1 Å². The average molecular weight is 396 g/mol. The summed E-state index contributed by atoms with van der Waals surface area (Å²) in [4.78, 5) is 29.2. The second kappa shape index (κ2) is 9.95. The molecule has 1 unspecified atom stereocenters. The Morgan fingerprint density at radius 1 is 1.30 bits per heavy atom. The Morgan fingerprint density at radius 3 is 2.70 bits per heavy atom. The van der Waals surface area contributed by atoms with Gasteiger partial charge < -0.3 is 19.9 Å². The predicted octanol–water partition coefficient (Wildman–Crippen LogP) is 2.60. The number of ether oxygens (including phenoxy) is 1. The maximum Gasteiger partial charge on any atom is 0.267 e. The van der Waals surface area contributed by atoms with Gasteiger partial charge in [0, 0.05) is 25.6 Å². The summed E-state index contributed by atoms with van der Waals surface area (Å²) >= 11 is 0. The molecule has 0 spiro atoms. The Bertz CT molecular complexity index is 649. The van der Waals surface area contributed by atoms with Gasteiger partial charge in [-0.1, -0.05) is 19.1 Å². The van der Waals surface area contributed by atoms with Crippen LogP contribution >= 0.6 is 12.4 Å². The van der Waals surface area contributed by atoms with Crippen molar-refractivity contribution in [1.29, 1.82) is 0 Å². The van der Waals surface area contributed by atoms with Crippen LogP contribution in [0.25, 0.3) is 0 Å². The molecule has 27 heavy (non-hydrogen) atoms. The van der Waals surface area contributed by atoms with Gasteiger partial charge in [0.2, 0.25) is 5.91 Å². The predicted molar refractivity (Wildman–Crippen MR) is 109 cm³/mol. The molecule has 0 aliphatic carbocycles. The van der Waals surface area contributed by atoms with Crippen LogP contribution in [0.1, 0.15) is 39.5 Å². The number of anilines is 1. The number of carbonyl (C=O) groups excluding carboxylic acids is 2. The van der Waals surface area contributed by atoms with E-state index < -0.39 is 6.10 Å². The first-order valence-electron chi connectivity index (χ1n) is 9.69. The smallest absolute Gasteiger partial charge is 0.267 e. The fraction of sp³-hybridized carbons (Fsp3) is 0.600. The Balaban J connectivity index is 0.00000261. The van der Waals surface area contributed by atoms with Gasteiger partial charge in [-0.2, -0.15) is 0 Å². The molecule has 1 aromatic rings. The lowest BCUT2D eigenvalue weighted by molar-refractivity contribution is -0.134. The third-order valence-electron chi connectivity index (χ3n) is 5.16. The van der Waals surface area contributed by atoms with E-state index in [2.05, 4.69) is 12.2 Å². The normalized spacial score (nSPS) is 19.7. The summed E-state index contributed by atoms with van der Waals surface area (Å²) in [6.07, 6.45) is 2.78. The second-order valence-electron chi connectivity index (χ2n) is 7.04. The van der Waals surface area contributed by atoms with Gasteiger partial charge in [-0.25, -0.2) is 0 Å². The maximum absolute atomic E-state index is 12.9. The Kier molecular flexibility index (Phi) is 7.92. The highest BCUT2D eigenvalue weighted by Crippen LogP contribution is 2.33. The third-order valence-corrected chi connectivity index (χ3v) is 5.16. The quantitative estimate of drug-likeness (QED) is 0.804. The molecule has 0 saturated carbocycles. The van der Waals surface area contributed by atoms with Crippen molar-refractivity contribution in [2.45, 2.75) is 51.7 Å². The van der Waals surface area contributed by atoms with Crippen LogP contribution in [0.4, 0.5) is 5.69 Å². The molecule has 1 aromatic carbocycles. The first-order valence-corrected chi connectivity index (χ1v) is 9.69. The van der Waals surface area contributed by atoms with Gasteiger partial charge >= 0.3 is 0 Å². The Morgan fingerprint density at radius 2 is 2.00 bits per heavy atom. The molecule has 1 saturated heterocycles. The van der Waals surface area contributed by atoms with Crippen LogP contribution in [0.2, 0.25) is 0 Å². The van der Waals surface area contributed by atoms with Crippen LogP contribution in [0.5, 0.6) is 5.75 Å². The molecule has 0 aromatic heterocycles. The summed E-state index contributed by atoms with van der Waals surface area (Å²) in [5.74, 6) is 0.763. The lowest BCUT2D eigenvalue weighted by atomic mass is 10.0. The highest BCUT2D eigenvalue weighted by molar-refractivity contribution is 6.00. The van der Waals surface area contributed by atoms with Gasteiger partial charge in [0.15, 0.2) is 6.10 Å². The lowest BCUT2D eigenvalue weighted by Gasteiger charge is -2.36. The SMILES string of the molecule is CCCN(C(=O)CCN1C(=O)C(C)Oc2ccccc21)C1CCNCC1.Cl. The first-order chi connectivity index (χ1) is 12.6. The summed E-state index contributed by atoms with van der Waals surface area (Å²) in [7, 11) is 0. The second-order valence-corrected chi connectivity index (χ2v) is 7.04. The number of nitrogens with one attached hydrogen (secondary N) is 1. The van der Waals surface area contributed by atoms with Crippen LogP contribution in [-0.4, -0.2) is 55.0 Å². The summed E-state index contributed by atoms with van der Waals surface area (Å²) < 4.78 is 5.67. The third kappa shape index (κ3) is 4.93. The highest BCUT2D eigenvalue weighted by atomic mass is 35.5. The zero-order valence-electron chi connectivity index (χ0n) is 16.1. The molecule has 2 aliphatic rings. The number of benzene rings is 1. The number of halogens is 1. The van der Waals surface area contributed by atoms with Gasteiger partial charge in [-0.15, -0.1) is 12.4 Å². The van der Waals surface area contributed by atoms with E-state index in [1.165, 1.54) is 0 Å². The van der Waals surface area contributed by atoms with Gasteiger partial charge in [0.25, 0.3) is 5.91 Å². The molecule has 0 radical (unpaired) electrons. The number of amides is 2. The number of rotatable bonds is 6. The van der Waals surface area contributed by atoms with Crippen molar-refractivity contribution in [3.63, 3.8) is 0 Å². The van der Waals surface area contributed by atoms with E-state index in [-0.39, 0.29) is 24.2 Å². The van der Waals surface area contributed by atoms with Crippen molar-refractivity contribution in [2.24, 2.45) is 0 Å². The van der Waals surface area contributed by atoms with E-state index in [1.54, 1.807) is 11.8 Å². The molecule has 150 valence electrons. The van der Waals surface area contributed by atoms with E-state index in [4.69, 9.17) is 4.74 Å². The number of fused-ring (bicyclic) bond motifs is 1. The molecule has 6 nitrogen and oxygen atoms in total. The lowest BCUT2D eigenvalue weighted by Crippen LogP contribution is -2.49. The maximum atomic E-state index is 12.9. The number of hydrogen-bond acceptors (Lipinski definition) is 4. The average Bonchev–Trinajstić information content (AvgIpc) is 2.67. The molecule has 2 heterocycles. The van der Waals surface area contributed by atoms with E-state index in [0.29, 0.717) is 24.8 Å². The van der Waals surface area contributed by atoms with E-state index >= 15 is 0 Å². The van der Waals surface area contributed by atoms with Crippen molar-refractivity contribution in [3.05, 3.63) is 24.3 Å². The number of piperidine rings is 1. The molecule has 1 atom stereocenters. The first kappa shape index (κ1) is 21.5. The number of hydrogen-bond donors (Lipinski definition) is 1.